The van der Waals surface area contributed by atoms with Gasteiger partial charge in [0.2, 0.25) is 15.6 Å². The molecule has 0 spiro atoms. The minimum absolute atomic E-state index is 0.0382. The third-order valence-corrected chi connectivity index (χ3v) is 3.96. The van der Waals surface area contributed by atoms with Crippen molar-refractivity contribution < 1.29 is 8.42 Å². The highest BCUT2D eigenvalue weighted by Gasteiger charge is 2.14. The molecule has 2 aromatic heterocycles. The topological polar surface area (TPSA) is 84.0 Å². The molecule has 96 valence electrons. The molecule has 0 aliphatic carbocycles. The fourth-order valence-corrected chi connectivity index (χ4v) is 2.46. The van der Waals surface area contributed by atoms with Crippen LogP contribution in [-0.4, -0.2) is 18.0 Å². The van der Waals surface area contributed by atoms with Gasteiger partial charge in [0.25, 0.3) is 0 Å². The Hall–Kier alpha value is -1.86. The van der Waals surface area contributed by atoms with Crippen LogP contribution in [-0.2, 0) is 23.6 Å². The summed E-state index contributed by atoms with van der Waals surface area (Å²) in [5.74, 6) is 0. The van der Waals surface area contributed by atoms with Crippen molar-refractivity contribution in [1.29, 1.82) is 0 Å². The molecule has 0 unspecified atom stereocenters. The first-order valence-corrected chi connectivity index (χ1v) is 6.76. The van der Waals surface area contributed by atoms with Crippen LogP contribution >= 0.6 is 0 Å². The molecule has 0 saturated heterocycles. The SMILES string of the molecule is Cn1cccc1CNS(=O)(=O)c1ccc(=O)[nH]c1. The lowest BCUT2D eigenvalue weighted by Crippen LogP contribution is -2.25. The molecule has 2 aromatic rings. The standard InChI is InChI=1S/C11H13N3O3S/c1-14-6-2-3-9(14)7-13-18(16,17)10-4-5-11(15)12-8-10/h2-6,8,13H,7H2,1H3,(H,12,15). The number of nitrogens with zero attached hydrogens (tertiary/aromatic N) is 1. The molecule has 0 bridgehead atoms. The molecule has 7 heteroatoms. The Bertz CT molecular complexity index is 680. The van der Waals surface area contributed by atoms with Gasteiger partial charge in [0, 0.05) is 31.2 Å². The van der Waals surface area contributed by atoms with Crippen LogP contribution in [0.15, 0.2) is 46.3 Å². The van der Waals surface area contributed by atoms with Crippen LogP contribution in [0.25, 0.3) is 0 Å². The number of nitrogens with one attached hydrogen (secondary N) is 2. The number of hydrogen-bond donors (Lipinski definition) is 2. The summed E-state index contributed by atoms with van der Waals surface area (Å²) in [6, 6.07) is 6.11. The zero-order valence-corrected chi connectivity index (χ0v) is 10.6. The highest BCUT2D eigenvalue weighted by molar-refractivity contribution is 7.89. The summed E-state index contributed by atoms with van der Waals surface area (Å²) < 4.78 is 28.1. The van der Waals surface area contributed by atoms with Gasteiger partial charge in [0.1, 0.15) is 0 Å². The van der Waals surface area contributed by atoms with Crippen molar-refractivity contribution >= 4 is 10.0 Å². The first-order valence-electron chi connectivity index (χ1n) is 5.28. The van der Waals surface area contributed by atoms with E-state index in [0.29, 0.717) is 0 Å². The van der Waals surface area contributed by atoms with Crippen molar-refractivity contribution in [2.24, 2.45) is 7.05 Å². The van der Waals surface area contributed by atoms with Gasteiger partial charge in [0.05, 0.1) is 11.4 Å². The molecule has 2 rings (SSSR count). The molecule has 0 radical (unpaired) electrons. The smallest absolute Gasteiger partial charge is 0.247 e. The van der Waals surface area contributed by atoms with Crippen molar-refractivity contribution in [1.82, 2.24) is 14.3 Å². The molecule has 0 amide bonds. The summed E-state index contributed by atoms with van der Waals surface area (Å²) >= 11 is 0. The lowest BCUT2D eigenvalue weighted by atomic mass is 10.4. The Balaban J connectivity index is 2.15. The highest BCUT2D eigenvalue weighted by atomic mass is 32.2. The van der Waals surface area contributed by atoms with Crippen LogP contribution in [0, 0.1) is 0 Å². The maximum atomic E-state index is 11.9. The molecule has 2 N–H and O–H groups in total. The largest absolute Gasteiger partial charge is 0.353 e. The number of rotatable bonds is 4. The number of sulfonamides is 1. The molecule has 0 atom stereocenters. The average molecular weight is 267 g/mol. The second kappa shape index (κ2) is 4.79. The fraction of sp³-hybridized carbons (Fsp3) is 0.182. The summed E-state index contributed by atoms with van der Waals surface area (Å²) in [4.78, 5) is 13.2. The Morgan fingerprint density at radius 1 is 1.33 bits per heavy atom. The van der Waals surface area contributed by atoms with Gasteiger partial charge in [-0.3, -0.25) is 4.79 Å². The Kier molecular flexibility index (Phi) is 3.35. The molecule has 0 aliphatic heterocycles. The molecule has 0 saturated carbocycles. The normalized spacial score (nSPS) is 11.6. The van der Waals surface area contributed by atoms with Gasteiger partial charge in [-0.05, 0) is 18.2 Å². The molecule has 2 heterocycles. The number of aryl methyl sites for hydroxylation is 1. The van der Waals surface area contributed by atoms with E-state index >= 15 is 0 Å². The van der Waals surface area contributed by atoms with E-state index in [2.05, 4.69) is 9.71 Å². The van der Waals surface area contributed by atoms with Crippen LogP contribution in [0.5, 0.6) is 0 Å². The van der Waals surface area contributed by atoms with Crippen molar-refractivity contribution in [3.05, 3.63) is 52.7 Å². The van der Waals surface area contributed by atoms with E-state index < -0.39 is 10.0 Å². The predicted octanol–water partition coefficient (Wildman–Crippen LogP) is 0.192. The summed E-state index contributed by atoms with van der Waals surface area (Å²) in [6.45, 7) is 0.199. The van der Waals surface area contributed by atoms with Gasteiger partial charge in [-0.15, -0.1) is 0 Å². The molecule has 18 heavy (non-hydrogen) atoms. The van der Waals surface area contributed by atoms with Crippen LogP contribution in [0.1, 0.15) is 5.69 Å². The maximum Gasteiger partial charge on any atom is 0.247 e. The van der Waals surface area contributed by atoms with Gasteiger partial charge in [-0.1, -0.05) is 0 Å². The minimum atomic E-state index is -3.60. The Labute approximate surface area is 104 Å². The number of hydrogen-bond acceptors (Lipinski definition) is 3. The molecule has 0 aromatic carbocycles. The van der Waals surface area contributed by atoms with E-state index in [-0.39, 0.29) is 17.0 Å². The molecule has 6 nitrogen and oxygen atoms in total. The minimum Gasteiger partial charge on any atom is -0.353 e. The summed E-state index contributed by atoms with van der Waals surface area (Å²) in [5, 5.41) is 0. The van der Waals surface area contributed by atoms with Gasteiger partial charge < -0.3 is 9.55 Å². The predicted molar refractivity (Wildman–Crippen MR) is 66.5 cm³/mol. The fourth-order valence-electron chi connectivity index (χ4n) is 1.50. The van der Waals surface area contributed by atoms with Gasteiger partial charge >= 0.3 is 0 Å². The third-order valence-electron chi connectivity index (χ3n) is 2.56. The van der Waals surface area contributed by atoms with Gasteiger partial charge in [-0.25, -0.2) is 13.1 Å². The van der Waals surface area contributed by atoms with E-state index in [4.69, 9.17) is 0 Å². The Morgan fingerprint density at radius 3 is 2.67 bits per heavy atom. The number of pyridine rings is 1. The summed E-state index contributed by atoms with van der Waals surface area (Å²) in [7, 11) is -1.77. The number of aromatic nitrogens is 2. The third kappa shape index (κ3) is 2.69. The lowest BCUT2D eigenvalue weighted by Gasteiger charge is -2.07. The van der Waals surface area contributed by atoms with E-state index in [9.17, 15) is 13.2 Å². The second-order valence-corrected chi connectivity index (χ2v) is 5.59. The molecular formula is C11H13N3O3S. The average Bonchev–Trinajstić information content (AvgIpc) is 2.73. The van der Waals surface area contributed by atoms with Crippen molar-refractivity contribution in [3.63, 3.8) is 0 Å². The summed E-state index contributed by atoms with van der Waals surface area (Å²) in [5.41, 5.74) is 0.513. The zero-order chi connectivity index (χ0) is 13.2. The molecule has 0 aliphatic rings. The quantitative estimate of drug-likeness (QED) is 0.829. The van der Waals surface area contributed by atoms with Crippen LogP contribution in [0.3, 0.4) is 0 Å². The first-order chi connectivity index (χ1) is 8.49. The van der Waals surface area contributed by atoms with Crippen LogP contribution < -0.4 is 10.3 Å². The van der Waals surface area contributed by atoms with E-state index in [1.807, 2.05) is 29.9 Å². The Morgan fingerprint density at radius 2 is 2.11 bits per heavy atom. The summed E-state index contributed by atoms with van der Waals surface area (Å²) in [6.07, 6.45) is 3.01. The van der Waals surface area contributed by atoms with E-state index in [1.54, 1.807) is 0 Å². The zero-order valence-electron chi connectivity index (χ0n) is 9.75. The first kappa shape index (κ1) is 12.6. The van der Waals surface area contributed by atoms with Crippen molar-refractivity contribution in [2.45, 2.75) is 11.4 Å². The molecule has 0 fully saturated rings. The number of H-pyrrole nitrogens is 1. The van der Waals surface area contributed by atoms with E-state index in [1.165, 1.54) is 18.3 Å². The van der Waals surface area contributed by atoms with Crippen LogP contribution in [0.2, 0.25) is 0 Å². The lowest BCUT2D eigenvalue weighted by molar-refractivity contribution is 0.578. The molecular weight excluding hydrogens is 254 g/mol. The van der Waals surface area contributed by atoms with Crippen molar-refractivity contribution in [3.8, 4) is 0 Å². The van der Waals surface area contributed by atoms with Gasteiger partial charge in [-0.2, -0.15) is 0 Å². The van der Waals surface area contributed by atoms with Crippen molar-refractivity contribution in [2.75, 3.05) is 0 Å². The number of aromatic amines is 1. The van der Waals surface area contributed by atoms with E-state index in [0.717, 1.165) is 5.69 Å². The maximum absolute atomic E-state index is 11.9. The monoisotopic (exact) mass is 267 g/mol. The highest BCUT2D eigenvalue weighted by Crippen LogP contribution is 2.06. The van der Waals surface area contributed by atoms with Crippen LogP contribution in [0.4, 0.5) is 0 Å². The van der Waals surface area contributed by atoms with Gasteiger partial charge in [0.15, 0.2) is 0 Å². The second-order valence-electron chi connectivity index (χ2n) is 3.82.